The van der Waals surface area contributed by atoms with E-state index in [-0.39, 0.29) is 6.54 Å². The summed E-state index contributed by atoms with van der Waals surface area (Å²) in [6.07, 6.45) is 0. The number of carbonyl (C=O) groups is 1. The number of nitrogens with two attached hydrogens (primary N) is 2. The summed E-state index contributed by atoms with van der Waals surface area (Å²) in [7, 11) is 0. The molecular weight excluding hydrogens is 154 g/mol. The molecule has 0 aliphatic heterocycles. The molecule has 5 N–H and O–H groups in total. The first-order valence-corrected chi connectivity index (χ1v) is 3.56. The molecule has 0 spiro atoms. The van der Waals surface area contributed by atoms with Crippen molar-refractivity contribution in [1.82, 2.24) is 0 Å². The predicted octanol–water partition coefficient (Wildman–Crippen LogP) is 0.166. The van der Waals surface area contributed by atoms with Gasteiger partial charge in [-0.05, 0) is 18.2 Å². The van der Waals surface area contributed by atoms with Crippen molar-refractivity contribution in [3.05, 3.63) is 24.3 Å². The molecule has 0 saturated carbocycles. The normalized spacial score (nSPS) is 9.33. The zero-order chi connectivity index (χ0) is 8.97. The first-order chi connectivity index (χ1) is 5.68. The molecule has 12 heavy (non-hydrogen) atoms. The fourth-order valence-corrected chi connectivity index (χ4v) is 0.838. The molecule has 0 aromatic heterocycles. The SMILES string of the molecule is NC(=O)CNc1cccc(N)c1. The third-order valence-electron chi connectivity index (χ3n) is 1.35. The summed E-state index contributed by atoms with van der Waals surface area (Å²) < 4.78 is 0. The number of anilines is 2. The number of rotatable bonds is 3. The van der Waals surface area contributed by atoms with Crippen LogP contribution in [0.5, 0.6) is 0 Å². The predicted molar refractivity (Wildman–Crippen MR) is 48.5 cm³/mol. The number of amides is 1. The summed E-state index contributed by atoms with van der Waals surface area (Å²) in [5.41, 5.74) is 11.9. The Hall–Kier alpha value is -1.71. The molecule has 64 valence electrons. The second kappa shape index (κ2) is 3.61. The van der Waals surface area contributed by atoms with Crippen molar-refractivity contribution in [2.24, 2.45) is 5.73 Å². The van der Waals surface area contributed by atoms with Crippen LogP contribution >= 0.6 is 0 Å². The molecule has 1 aromatic carbocycles. The molecular formula is C8H11N3O. The molecule has 0 saturated heterocycles. The van der Waals surface area contributed by atoms with Crippen molar-refractivity contribution >= 4 is 17.3 Å². The molecule has 0 atom stereocenters. The number of hydrogen-bond donors (Lipinski definition) is 3. The van der Waals surface area contributed by atoms with Crippen LogP contribution < -0.4 is 16.8 Å². The Bertz CT molecular complexity index is 285. The zero-order valence-electron chi connectivity index (χ0n) is 6.58. The van der Waals surface area contributed by atoms with Gasteiger partial charge >= 0.3 is 0 Å². The minimum Gasteiger partial charge on any atom is -0.399 e. The van der Waals surface area contributed by atoms with Gasteiger partial charge in [-0.15, -0.1) is 0 Å². The van der Waals surface area contributed by atoms with Crippen LogP contribution in [0.25, 0.3) is 0 Å². The van der Waals surface area contributed by atoms with Crippen molar-refractivity contribution in [3.8, 4) is 0 Å². The number of nitrogen functional groups attached to an aromatic ring is 1. The highest BCUT2D eigenvalue weighted by Gasteiger charge is 1.94. The topological polar surface area (TPSA) is 81.1 Å². The van der Waals surface area contributed by atoms with Crippen LogP contribution in [0.2, 0.25) is 0 Å². The van der Waals surface area contributed by atoms with Crippen LogP contribution in [0.3, 0.4) is 0 Å². The van der Waals surface area contributed by atoms with Crippen molar-refractivity contribution in [2.45, 2.75) is 0 Å². The summed E-state index contributed by atoms with van der Waals surface area (Å²) in [5, 5.41) is 2.83. The lowest BCUT2D eigenvalue weighted by atomic mass is 10.3. The largest absolute Gasteiger partial charge is 0.399 e. The molecule has 4 nitrogen and oxygen atoms in total. The fraction of sp³-hybridized carbons (Fsp3) is 0.125. The van der Waals surface area contributed by atoms with Gasteiger partial charge in [0.15, 0.2) is 0 Å². The van der Waals surface area contributed by atoms with Gasteiger partial charge < -0.3 is 16.8 Å². The molecule has 0 fully saturated rings. The van der Waals surface area contributed by atoms with E-state index in [4.69, 9.17) is 11.5 Å². The van der Waals surface area contributed by atoms with Gasteiger partial charge in [0, 0.05) is 11.4 Å². The summed E-state index contributed by atoms with van der Waals surface area (Å²) in [4.78, 5) is 10.4. The van der Waals surface area contributed by atoms with Crippen LogP contribution in [0, 0.1) is 0 Å². The Balaban J connectivity index is 2.57. The van der Waals surface area contributed by atoms with E-state index in [9.17, 15) is 4.79 Å². The second-order valence-corrected chi connectivity index (χ2v) is 2.45. The maximum absolute atomic E-state index is 10.4. The molecule has 4 heteroatoms. The van der Waals surface area contributed by atoms with Crippen LogP contribution in [0.1, 0.15) is 0 Å². The van der Waals surface area contributed by atoms with E-state index in [0.29, 0.717) is 5.69 Å². The van der Waals surface area contributed by atoms with Gasteiger partial charge in [-0.2, -0.15) is 0 Å². The lowest BCUT2D eigenvalue weighted by molar-refractivity contribution is -0.116. The van der Waals surface area contributed by atoms with Crippen LogP contribution in [-0.2, 0) is 4.79 Å². The average Bonchev–Trinajstić information content (AvgIpc) is 2.01. The van der Waals surface area contributed by atoms with Gasteiger partial charge in [-0.1, -0.05) is 6.07 Å². The molecule has 0 aliphatic carbocycles. The molecule has 1 amide bonds. The Morgan fingerprint density at radius 1 is 1.50 bits per heavy atom. The first-order valence-electron chi connectivity index (χ1n) is 3.56. The molecule has 0 radical (unpaired) electrons. The number of carbonyl (C=O) groups excluding carboxylic acids is 1. The van der Waals surface area contributed by atoms with Gasteiger partial charge in [-0.3, -0.25) is 4.79 Å². The van der Waals surface area contributed by atoms with Crippen LogP contribution in [-0.4, -0.2) is 12.5 Å². The molecule has 0 bridgehead atoms. The Labute approximate surface area is 70.6 Å². The van der Waals surface area contributed by atoms with Gasteiger partial charge in [0.1, 0.15) is 0 Å². The number of primary amides is 1. The molecule has 0 aliphatic rings. The minimum absolute atomic E-state index is 0.128. The molecule has 1 aromatic rings. The maximum atomic E-state index is 10.4. The van der Waals surface area contributed by atoms with E-state index in [0.717, 1.165) is 5.69 Å². The van der Waals surface area contributed by atoms with Gasteiger partial charge in [0.25, 0.3) is 0 Å². The Morgan fingerprint density at radius 3 is 2.83 bits per heavy atom. The third-order valence-corrected chi connectivity index (χ3v) is 1.35. The summed E-state index contributed by atoms with van der Waals surface area (Å²) in [6, 6.07) is 7.14. The molecule has 0 heterocycles. The summed E-state index contributed by atoms with van der Waals surface area (Å²) >= 11 is 0. The third kappa shape index (κ3) is 2.49. The first kappa shape index (κ1) is 8.39. The lowest BCUT2D eigenvalue weighted by Gasteiger charge is -2.03. The smallest absolute Gasteiger partial charge is 0.236 e. The lowest BCUT2D eigenvalue weighted by Crippen LogP contribution is -2.21. The van der Waals surface area contributed by atoms with E-state index in [1.165, 1.54) is 0 Å². The monoisotopic (exact) mass is 165 g/mol. The number of benzene rings is 1. The fourth-order valence-electron chi connectivity index (χ4n) is 0.838. The average molecular weight is 165 g/mol. The summed E-state index contributed by atoms with van der Waals surface area (Å²) in [5.74, 6) is -0.391. The van der Waals surface area contributed by atoms with Crippen molar-refractivity contribution < 1.29 is 4.79 Å². The van der Waals surface area contributed by atoms with Gasteiger partial charge in [0.2, 0.25) is 5.91 Å². The van der Waals surface area contributed by atoms with Crippen LogP contribution in [0.15, 0.2) is 24.3 Å². The quantitative estimate of drug-likeness (QED) is 0.558. The van der Waals surface area contributed by atoms with Gasteiger partial charge in [-0.25, -0.2) is 0 Å². The highest BCUT2D eigenvalue weighted by Crippen LogP contribution is 2.10. The second-order valence-electron chi connectivity index (χ2n) is 2.45. The van der Waals surface area contributed by atoms with E-state index in [1.54, 1.807) is 18.2 Å². The Morgan fingerprint density at radius 2 is 2.25 bits per heavy atom. The van der Waals surface area contributed by atoms with E-state index in [1.807, 2.05) is 6.07 Å². The van der Waals surface area contributed by atoms with Crippen molar-refractivity contribution in [2.75, 3.05) is 17.6 Å². The number of hydrogen-bond acceptors (Lipinski definition) is 3. The molecule has 0 unspecified atom stereocenters. The highest BCUT2D eigenvalue weighted by molar-refractivity contribution is 5.79. The van der Waals surface area contributed by atoms with Crippen molar-refractivity contribution in [3.63, 3.8) is 0 Å². The summed E-state index contributed by atoms with van der Waals surface area (Å²) in [6.45, 7) is 0.128. The Kier molecular flexibility index (Phi) is 2.53. The highest BCUT2D eigenvalue weighted by atomic mass is 16.1. The van der Waals surface area contributed by atoms with E-state index in [2.05, 4.69) is 5.32 Å². The standard InChI is InChI=1S/C8H11N3O/c9-6-2-1-3-7(4-6)11-5-8(10)12/h1-4,11H,5,9H2,(H2,10,12). The minimum atomic E-state index is -0.391. The molecule has 1 rings (SSSR count). The maximum Gasteiger partial charge on any atom is 0.236 e. The van der Waals surface area contributed by atoms with E-state index >= 15 is 0 Å². The van der Waals surface area contributed by atoms with Crippen molar-refractivity contribution in [1.29, 1.82) is 0 Å². The van der Waals surface area contributed by atoms with Gasteiger partial charge in [0.05, 0.1) is 6.54 Å². The van der Waals surface area contributed by atoms with E-state index < -0.39 is 5.91 Å². The van der Waals surface area contributed by atoms with Crippen LogP contribution in [0.4, 0.5) is 11.4 Å². The zero-order valence-corrected chi connectivity index (χ0v) is 6.58. The number of nitrogens with one attached hydrogen (secondary N) is 1.